The van der Waals surface area contributed by atoms with Crippen molar-refractivity contribution in [2.24, 2.45) is 23.7 Å². The zero-order chi connectivity index (χ0) is 12.5. The molecule has 0 heterocycles. The van der Waals surface area contributed by atoms with E-state index in [1.54, 1.807) is 37.0 Å². The predicted octanol–water partition coefficient (Wildman–Crippen LogP) is 0.299. The minimum atomic E-state index is 1.01. The van der Waals surface area contributed by atoms with Crippen LogP contribution in [0, 0.1) is 23.7 Å². The number of likely N-dealkylation sites (N-methyl/N-ethyl adjacent to an activating group) is 1. The van der Waals surface area contributed by atoms with Crippen LogP contribution in [0.1, 0.15) is 46.0 Å². The van der Waals surface area contributed by atoms with Crippen LogP contribution in [0.3, 0.4) is 0 Å². The molecule has 0 unspecified atom stereocenters. The van der Waals surface area contributed by atoms with Crippen molar-refractivity contribution in [2.75, 3.05) is 26.2 Å². The molecule has 0 spiro atoms. The SMILES string of the molecule is CC[NH+](CC)CC[NH2+]C1C2CC3CC(C2)CC1C3. The van der Waals surface area contributed by atoms with Gasteiger partial charge < -0.3 is 10.2 Å². The van der Waals surface area contributed by atoms with Gasteiger partial charge in [0.2, 0.25) is 0 Å². The summed E-state index contributed by atoms with van der Waals surface area (Å²) in [7, 11) is 0. The van der Waals surface area contributed by atoms with Gasteiger partial charge in [-0.05, 0) is 57.8 Å². The molecule has 0 saturated heterocycles. The Morgan fingerprint density at radius 3 is 1.94 bits per heavy atom. The first-order valence-electron chi connectivity index (χ1n) is 8.47. The lowest BCUT2D eigenvalue weighted by molar-refractivity contribution is -0.911. The van der Waals surface area contributed by atoms with Crippen molar-refractivity contribution >= 4 is 0 Å². The molecule has 0 atom stereocenters. The molecule has 4 aliphatic carbocycles. The van der Waals surface area contributed by atoms with Gasteiger partial charge in [0.05, 0.1) is 19.1 Å². The largest absolute Gasteiger partial charge is 0.339 e. The smallest absolute Gasteiger partial charge is 0.127 e. The van der Waals surface area contributed by atoms with Gasteiger partial charge in [-0.1, -0.05) is 0 Å². The van der Waals surface area contributed by atoms with Crippen LogP contribution < -0.4 is 10.2 Å². The Hall–Kier alpha value is -0.0800. The van der Waals surface area contributed by atoms with Gasteiger partial charge in [-0.2, -0.15) is 0 Å². The second-order valence-corrected chi connectivity index (χ2v) is 7.24. The lowest BCUT2D eigenvalue weighted by Crippen LogP contribution is -3.14. The van der Waals surface area contributed by atoms with Gasteiger partial charge in [0.15, 0.2) is 0 Å². The van der Waals surface area contributed by atoms with Crippen LogP contribution in [0.4, 0.5) is 0 Å². The topological polar surface area (TPSA) is 21.1 Å². The highest BCUT2D eigenvalue weighted by molar-refractivity contribution is 4.97. The lowest BCUT2D eigenvalue weighted by Gasteiger charge is -2.52. The highest BCUT2D eigenvalue weighted by atomic mass is 15.1. The summed E-state index contributed by atoms with van der Waals surface area (Å²) in [6, 6.07) is 1.01. The summed E-state index contributed by atoms with van der Waals surface area (Å²) in [6.07, 6.45) is 7.89. The van der Waals surface area contributed by atoms with Crippen molar-refractivity contribution in [3.63, 3.8) is 0 Å². The Bertz CT molecular complexity index is 244. The van der Waals surface area contributed by atoms with E-state index in [-0.39, 0.29) is 0 Å². The first kappa shape index (κ1) is 12.9. The molecule has 4 rings (SSSR count). The highest BCUT2D eigenvalue weighted by Crippen LogP contribution is 2.52. The Labute approximate surface area is 113 Å². The van der Waals surface area contributed by atoms with E-state index < -0.39 is 0 Å². The third-order valence-electron chi connectivity index (χ3n) is 6.24. The molecule has 0 radical (unpaired) electrons. The normalized spacial score (nSPS) is 41.8. The lowest BCUT2D eigenvalue weighted by atomic mass is 9.54. The zero-order valence-electron chi connectivity index (χ0n) is 12.3. The molecule has 0 aromatic carbocycles. The number of nitrogens with one attached hydrogen (secondary N) is 1. The van der Waals surface area contributed by atoms with Gasteiger partial charge in [-0.3, -0.25) is 0 Å². The number of hydrogen-bond donors (Lipinski definition) is 2. The summed E-state index contributed by atoms with van der Waals surface area (Å²) in [4.78, 5) is 1.77. The van der Waals surface area contributed by atoms with Gasteiger partial charge in [-0.15, -0.1) is 0 Å². The van der Waals surface area contributed by atoms with Crippen LogP contribution in [-0.2, 0) is 0 Å². The van der Waals surface area contributed by atoms with Crippen molar-refractivity contribution in [3.05, 3.63) is 0 Å². The van der Waals surface area contributed by atoms with E-state index in [2.05, 4.69) is 19.2 Å². The number of hydrogen-bond acceptors (Lipinski definition) is 0. The fraction of sp³-hybridized carbons (Fsp3) is 1.00. The molecule has 4 bridgehead atoms. The summed E-state index contributed by atoms with van der Waals surface area (Å²) < 4.78 is 0. The monoisotopic (exact) mass is 252 g/mol. The van der Waals surface area contributed by atoms with E-state index in [9.17, 15) is 0 Å². The molecular weight excluding hydrogens is 220 g/mol. The summed E-state index contributed by atoms with van der Waals surface area (Å²) in [6.45, 7) is 9.97. The Morgan fingerprint density at radius 1 is 0.889 bits per heavy atom. The molecule has 0 amide bonds. The van der Waals surface area contributed by atoms with Gasteiger partial charge in [0.25, 0.3) is 0 Å². The summed E-state index contributed by atoms with van der Waals surface area (Å²) in [5.74, 6) is 4.44. The zero-order valence-corrected chi connectivity index (χ0v) is 12.3. The third-order valence-corrected chi connectivity index (χ3v) is 6.24. The van der Waals surface area contributed by atoms with E-state index in [0.717, 1.165) is 29.7 Å². The van der Waals surface area contributed by atoms with Crippen molar-refractivity contribution in [1.82, 2.24) is 0 Å². The Morgan fingerprint density at radius 2 is 1.44 bits per heavy atom. The fourth-order valence-electron chi connectivity index (χ4n) is 5.44. The van der Waals surface area contributed by atoms with Gasteiger partial charge in [-0.25, -0.2) is 0 Å². The molecule has 0 aromatic heterocycles. The molecule has 104 valence electrons. The number of rotatable bonds is 6. The van der Waals surface area contributed by atoms with Crippen LogP contribution in [-0.4, -0.2) is 32.2 Å². The maximum atomic E-state index is 2.75. The molecule has 4 saturated carbocycles. The molecule has 2 heteroatoms. The molecule has 2 nitrogen and oxygen atoms in total. The maximum Gasteiger partial charge on any atom is 0.127 e. The van der Waals surface area contributed by atoms with Crippen LogP contribution in [0.5, 0.6) is 0 Å². The number of quaternary nitrogens is 2. The second kappa shape index (κ2) is 5.50. The second-order valence-electron chi connectivity index (χ2n) is 7.24. The van der Waals surface area contributed by atoms with Crippen LogP contribution in [0.15, 0.2) is 0 Å². The predicted molar refractivity (Wildman–Crippen MR) is 74.5 cm³/mol. The summed E-state index contributed by atoms with van der Waals surface area (Å²) in [5, 5.41) is 2.75. The first-order valence-corrected chi connectivity index (χ1v) is 8.47. The molecule has 3 N–H and O–H groups in total. The Kier molecular flexibility index (Phi) is 3.95. The average Bonchev–Trinajstić information content (AvgIpc) is 2.36. The molecule has 4 aliphatic rings. The first-order chi connectivity index (χ1) is 8.80. The van der Waals surface area contributed by atoms with E-state index in [1.165, 1.54) is 26.2 Å². The van der Waals surface area contributed by atoms with Gasteiger partial charge in [0.1, 0.15) is 13.1 Å². The van der Waals surface area contributed by atoms with Gasteiger partial charge in [0, 0.05) is 11.8 Å². The maximum absolute atomic E-state index is 2.75. The fourth-order valence-corrected chi connectivity index (χ4v) is 5.44. The highest BCUT2D eigenvalue weighted by Gasteiger charge is 2.50. The van der Waals surface area contributed by atoms with E-state index in [4.69, 9.17) is 0 Å². The van der Waals surface area contributed by atoms with Crippen molar-refractivity contribution < 1.29 is 10.2 Å². The van der Waals surface area contributed by atoms with Crippen molar-refractivity contribution in [1.29, 1.82) is 0 Å². The molecule has 18 heavy (non-hydrogen) atoms. The third kappa shape index (κ3) is 2.46. The van der Waals surface area contributed by atoms with Crippen LogP contribution in [0.2, 0.25) is 0 Å². The molecular formula is C16H32N2+2. The number of nitrogens with two attached hydrogens (primary N) is 1. The summed E-state index contributed by atoms with van der Waals surface area (Å²) in [5.41, 5.74) is 0. The van der Waals surface area contributed by atoms with Crippen molar-refractivity contribution in [2.45, 2.75) is 52.0 Å². The average molecular weight is 252 g/mol. The van der Waals surface area contributed by atoms with Crippen molar-refractivity contribution in [3.8, 4) is 0 Å². The van der Waals surface area contributed by atoms with Crippen LogP contribution in [0.25, 0.3) is 0 Å². The molecule has 4 fully saturated rings. The summed E-state index contributed by atoms with van der Waals surface area (Å²) >= 11 is 0. The van der Waals surface area contributed by atoms with E-state index >= 15 is 0 Å². The standard InChI is InChI=1S/C16H30N2/c1-3-18(4-2)6-5-17-16-14-8-12-7-13(10-14)11-15(16)9-12/h12-17H,3-11H2,1-2H3/p+2. The quantitative estimate of drug-likeness (QED) is 0.678. The van der Waals surface area contributed by atoms with Gasteiger partial charge >= 0.3 is 0 Å². The van der Waals surface area contributed by atoms with E-state index in [0.29, 0.717) is 0 Å². The van der Waals surface area contributed by atoms with E-state index in [1.807, 2.05) is 0 Å². The minimum Gasteiger partial charge on any atom is -0.339 e. The minimum absolute atomic E-state index is 1.01. The molecule has 0 aromatic rings. The molecule has 0 aliphatic heterocycles. The Balaban J connectivity index is 1.48. The van der Waals surface area contributed by atoms with Crippen LogP contribution >= 0.6 is 0 Å².